The predicted molar refractivity (Wildman–Crippen MR) is 94.0 cm³/mol. The average molecular weight is 375 g/mol. The smallest absolute Gasteiger partial charge is 0.335 e. The summed E-state index contributed by atoms with van der Waals surface area (Å²) in [5.74, 6) is -2.29. The summed E-state index contributed by atoms with van der Waals surface area (Å²) in [6.45, 7) is -0.461. The maximum atomic E-state index is 12.1. The minimum Gasteiger partial charge on any atom is -0.497 e. The Morgan fingerprint density at radius 1 is 0.889 bits per heavy atom. The highest BCUT2D eigenvalue weighted by Crippen LogP contribution is 2.29. The van der Waals surface area contributed by atoms with Gasteiger partial charge in [0.05, 0.1) is 31.0 Å². The van der Waals surface area contributed by atoms with Crippen molar-refractivity contribution < 1.29 is 38.8 Å². The lowest BCUT2D eigenvalue weighted by Gasteiger charge is -2.12. The number of hydrogen-bond acceptors (Lipinski definition) is 6. The molecule has 2 aromatic carbocycles. The highest BCUT2D eigenvalue weighted by atomic mass is 16.5. The Labute approximate surface area is 154 Å². The average Bonchev–Trinajstić information content (AvgIpc) is 2.66. The maximum absolute atomic E-state index is 12.1. The minimum absolute atomic E-state index is 0.0517. The third kappa shape index (κ3) is 5.11. The second-order valence-electron chi connectivity index (χ2n) is 5.26. The third-order valence-corrected chi connectivity index (χ3v) is 3.45. The molecule has 0 aliphatic carbocycles. The van der Waals surface area contributed by atoms with Crippen LogP contribution in [0.15, 0.2) is 36.4 Å². The van der Waals surface area contributed by atoms with Crippen LogP contribution in [0.2, 0.25) is 0 Å². The predicted octanol–water partition coefficient (Wildman–Crippen LogP) is 2.12. The number of rotatable bonds is 8. The van der Waals surface area contributed by atoms with Gasteiger partial charge in [0.15, 0.2) is 6.61 Å². The van der Waals surface area contributed by atoms with E-state index in [-0.39, 0.29) is 16.9 Å². The number of amides is 1. The summed E-state index contributed by atoms with van der Waals surface area (Å²) in [6.07, 6.45) is 0. The standard InChI is InChI=1S/C18H17NO8/c1-25-12-3-4-14(15(8-12)26-2)19-16(20)9-27-13-6-10(17(21)22)5-11(7-13)18(23)24/h3-8H,9H2,1-2H3,(H,19,20)(H,21,22)(H,23,24). The summed E-state index contributed by atoms with van der Waals surface area (Å²) in [5.41, 5.74) is -0.137. The number of benzene rings is 2. The molecule has 2 aromatic rings. The highest BCUT2D eigenvalue weighted by Gasteiger charge is 2.14. The zero-order chi connectivity index (χ0) is 20.0. The summed E-state index contributed by atoms with van der Waals surface area (Å²) < 4.78 is 15.5. The van der Waals surface area contributed by atoms with E-state index >= 15 is 0 Å². The molecule has 0 heterocycles. The van der Waals surface area contributed by atoms with Crippen molar-refractivity contribution in [1.82, 2.24) is 0 Å². The highest BCUT2D eigenvalue weighted by molar-refractivity contribution is 5.95. The van der Waals surface area contributed by atoms with Gasteiger partial charge >= 0.3 is 11.9 Å². The van der Waals surface area contributed by atoms with E-state index < -0.39 is 24.5 Å². The minimum atomic E-state index is -1.31. The first kappa shape index (κ1) is 19.6. The maximum Gasteiger partial charge on any atom is 0.335 e. The second-order valence-corrected chi connectivity index (χ2v) is 5.26. The van der Waals surface area contributed by atoms with E-state index in [0.717, 1.165) is 18.2 Å². The Hall–Kier alpha value is -3.75. The fourth-order valence-corrected chi connectivity index (χ4v) is 2.17. The fraction of sp³-hybridized carbons (Fsp3) is 0.167. The molecular formula is C18H17NO8. The Bertz CT molecular complexity index is 845. The molecule has 9 heteroatoms. The van der Waals surface area contributed by atoms with Crippen molar-refractivity contribution in [2.45, 2.75) is 0 Å². The number of carboxylic acids is 2. The number of methoxy groups -OCH3 is 2. The van der Waals surface area contributed by atoms with Gasteiger partial charge in [0.1, 0.15) is 17.2 Å². The van der Waals surface area contributed by atoms with Crippen LogP contribution in [0.3, 0.4) is 0 Å². The number of nitrogens with one attached hydrogen (secondary N) is 1. The molecule has 0 radical (unpaired) electrons. The molecular weight excluding hydrogens is 358 g/mol. The summed E-state index contributed by atoms with van der Waals surface area (Å²) >= 11 is 0. The lowest BCUT2D eigenvalue weighted by Crippen LogP contribution is -2.20. The van der Waals surface area contributed by atoms with Gasteiger partial charge in [-0.1, -0.05) is 0 Å². The summed E-state index contributed by atoms with van der Waals surface area (Å²) in [7, 11) is 2.93. The molecule has 142 valence electrons. The van der Waals surface area contributed by atoms with E-state index in [9.17, 15) is 14.4 Å². The van der Waals surface area contributed by atoms with Gasteiger partial charge in [0.25, 0.3) is 5.91 Å². The van der Waals surface area contributed by atoms with Crippen molar-refractivity contribution in [3.05, 3.63) is 47.5 Å². The monoisotopic (exact) mass is 375 g/mol. The SMILES string of the molecule is COc1ccc(NC(=O)COc2cc(C(=O)O)cc(C(=O)O)c2)c(OC)c1. The van der Waals surface area contributed by atoms with Crippen molar-refractivity contribution in [3.63, 3.8) is 0 Å². The van der Waals surface area contributed by atoms with Crippen LogP contribution in [-0.4, -0.2) is 48.9 Å². The van der Waals surface area contributed by atoms with E-state index in [1.807, 2.05) is 0 Å². The number of carbonyl (C=O) groups is 3. The van der Waals surface area contributed by atoms with Gasteiger partial charge in [0, 0.05) is 6.07 Å². The van der Waals surface area contributed by atoms with E-state index in [2.05, 4.69) is 5.32 Å². The summed E-state index contributed by atoms with van der Waals surface area (Å²) in [5, 5.41) is 20.7. The summed E-state index contributed by atoms with van der Waals surface area (Å²) in [6, 6.07) is 8.08. The molecule has 0 spiro atoms. The van der Waals surface area contributed by atoms with Gasteiger partial charge < -0.3 is 29.7 Å². The van der Waals surface area contributed by atoms with Crippen molar-refractivity contribution in [1.29, 1.82) is 0 Å². The van der Waals surface area contributed by atoms with Crippen LogP contribution in [-0.2, 0) is 4.79 Å². The second kappa shape index (κ2) is 8.56. The van der Waals surface area contributed by atoms with Crippen LogP contribution >= 0.6 is 0 Å². The molecule has 0 atom stereocenters. The van der Waals surface area contributed by atoms with Crippen molar-refractivity contribution >= 4 is 23.5 Å². The molecule has 0 fully saturated rings. The summed E-state index contributed by atoms with van der Waals surface area (Å²) in [4.78, 5) is 34.2. The van der Waals surface area contributed by atoms with Crippen LogP contribution in [0, 0.1) is 0 Å². The first-order valence-electron chi connectivity index (χ1n) is 7.60. The van der Waals surface area contributed by atoms with Gasteiger partial charge in [-0.15, -0.1) is 0 Å². The van der Waals surface area contributed by atoms with E-state index in [0.29, 0.717) is 17.2 Å². The molecule has 3 N–H and O–H groups in total. The lowest BCUT2D eigenvalue weighted by atomic mass is 10.1. The first-order valence-corrected chi connectivity index (χ1v) is 7.60. The largest absolute Gasteiger partial charge is 0.497 e. The molecule has 0 aliphatic rings. The number of carboxylic acid groups (broad SMARTS) is 2. The van der Waals surface area contributed by atoms with Crippen molar-refractivity contribution in [2.24, 2.45) is 0 Å². The Balaban J connectivity index is 2.09. The topological polar surface area (TPSA) is 131 Å². The zero-order valence-electron chi connectivity index (χ0n) is 14.5. The van der Waals surface area contributed by atoms with E-state index in [1.54, 1.807) is 18.2 Å². The van der Waals surface area contributed by atoms with E-state index in [4.69, 9.17) is 24.4 Å². The number of anilines is 1. The first-order chi connectivity index (χ1) is 12.8. The van der Waals surface area contributed by atoms with Crippen LogP contribution < -0.4 is 19.5 Å². The number of ether oxygens (including phenoxy) is 3. The zero-order valence-corrected chi connectivity index (χ0v) is 14.5. The molecule has 2 rings (SSSR count). The lowest BCUT2D eigenvalue weighted by molar-refractivity contribution is -0.118. The van der Waals surface area contributed by atoms with Gasteiger partial charge in [0.2, 0.25) is 0 Å². The van der Waals surface area contributed by atoms with Crippen LogP contribution in [0.25, 0.3) is 0 Å². The molecule has 27 heavy (non-hydrogen) atoms. The normalized spacial score (nSPS) is 10.0. The third-order valence-electron chi connectivity index (χ3n) is 3.45. The van der Waals surface area contributed by atoms with Crippen molar-refractivity contribution in [3.8, 4) is 17.2 Å². The van der Waals surface area contributed by atoms with Gasteiger partial charge in [-0.3, -0.25) is 4.79 Å². The quantitative estimate of drug-likeness (QED) is 0.639. The molecule has 0 unspecified atom stereocenters. The van der Waals surface area contributed by atoms with Crippen LogP contribution in [0.4, 0.5) is 5.69 Å². The van der Waals surface area contributed by atoms with Crippen LogP contribution in [0.1, 0.15) is 20.7 Å². The Morgan fingerprint density at radius 2 is 1.52 bits per heavy atom. The van der Waals surface area contributed by atoms with Gasteiger partial charge in [-0.2, -0.15) is 0 Å². The fourth-order valence-electron chi connectivity index (χ4n) is 2.17. The molecule has 0 aromatic heterocycles. The Kier molecular flexibility index (Phi) is 6.21. The van der Waals surface area contributed by atoms with Gasteiger partial charge in [-0.25, -0.2) is 9.59 Å². The van der Waals surface area contributed by atoms with E-state index in [1.165, 1.54) is 14.2 Å². The molecule has 0 saturated carbocycles. The number of aromatic carboxylic acids is 2. The molecule has 0 bridgehead atoms. The number of carbonyl (C=O) groups excluding carboxylic acids is 1. The Morgan fingerprint density at radius 3 is 2.04 bits per heavy atom. The van der Waals surface area contributed by atoms with Crippen LogP contribution in [0.5, 0.6) is 17.2 Å². The molecule has 9 nitrogen and oxygen atoms in total. The van der Waals surface area contributed by atoms with Crippen molar-refractivity contribution in [2.75, 3.05) is 26.1 Å². The molecule has 0 aliphatic heterocycles. The molecule has 1 amide bonds. The number of hydrogen-bond donors (Lipinski definition) is 3. The van der Waals surface area contributed by atoms with Gasteiger partial charge in [-0.05, 0) is 30.3 Å². The molecule has 0 saturated heterocycles.